The maximum atomic E-state index is 12.5. The molecule has 6 nitrogen and oxygen atoms in total. The summed E-state index contributed by atoms with van der Waals surface area (Å²) >= 11 is 0. The number of carbonyl (C=O) groups is 1. The van der Waals surface area contributed by atoms with E-state index in [0.29, 0.717) is 6.54 Å². The smallest absolute Gasteiger partial charge is 0.319 e. The van der Waals surface area contributed by atoms with Crippen LogP contribution in [0, 0.1) is 0 Å². The molecule has 160 valence electrons. The topological polar surface area (TPSA) is 56.8 Å². The Hall–Kier alpha value is -2.57. The van der Waals surface area contributed by atoms with Gasteiger partial charge in [0.2, 0.25) is 0 Å². The Morgan fingerprint density at radius 3 is 2.53 bits per heavy atom. The first-order chi connectivity index (χ1) is 14.6. The average Bonchev–Trinajstić information content (AvgIpc) is 3.23. The molecule has 0 aliphatic carbocycles. The Kier molecular flexibility index (Phi) is 6.25. The van der Waals surface area contributed by atoms with Crippen LogP contribution in [-0.2, 0) is 11.2 Å². The van der Waals surface area contributed by atoms with Crippen molar-refractivity contribution in [3.05, 3.63) is 54.1 Å². The van der Waals surface area contributed by atoms with Crippen LogP contribution in [0.5, 0.6) is 0 Å². The summed E-state index contributed by atoms with van der Waals surface area (Å²) in [6, 6.07) is 16.4. The molecule has 0 spiro atoms. The zero-order valence-corrected chi connectivity index (χ0v) is 18.0. The highest BCUT2D eigenvalue weighted by molar-refractivity contribution is 5.89. The normalized spacial score (nSPS) is 18.5. The summed E-state index contributed by atoms with van der Waals surface area (Å²) in [6.45, 7) is 9.32. The van der Waals surface area contributed by atoms with Crippen LogP contribution in [0.3, 0.4) is 0 Å². The lowest BCUT2D eigenvalue weighted by atomic mass is 9.95. The predicted molar refractivity (Wildman–Crippen MR) is 122 cm³/mol. The summed E-state index contributed by atoms with van der Waals surface area (Å²) < 4.78 is 5.47. The highest BCUT2D eigenvalue weighted by Gasteiger charge is 2.31. The number of rotatable bonds is 6. The van der Waals surface area contributed by atoms with Crippen molar-refractivity contribution in [3.8, 4) is 0 Å². The molecular formula is C24H32N4O2. The third kappa shape index (κ3) is 4.45. The Balaban J connectivity index is 1.33. The van der Waals surface area contributed by atoms with Gasteiger partial charge in [-0.15, -0.1) is 0 Å². The second kappa shape index (κ2) is 9.06. The molecule has 4 rings (SSSR count). The van der Waals surface area contributed by atoms with Crippen molar-refractivity contribution in [3.63, 3.8) is 0 Å². The lowest BCUT2D eigenvalue weighted by Gasteiger charge is -2.43. The Morgan fingerprint density at radius 1 is 1.07 bits per heavy atom. The zero-order chi connectivity index (χ0) is 21.0. The number of amides is 2. The van der Waals surface area contributed by atoms with Crippen LogP contribution in [-0.4, -0.2) is 55.9 Å². The van der Waals surface area contributed by atoms with Crippen molar-refractivity contribution in [2.45, 2.75) is 32.2 Å². The SMILES string of the molecule is CC[C@](C)(CNC(=O)Nc1ccc(N2CCc3ccccc32)cc1)N1CCOCC1. The molecule has 1 fully saturated rings. The molecule has 0 bridgehead atoms. The summed E-state index contributed by atoms with van der Waals surface area (Å²) in [6.07, 6.45) is 2.04. The van der Waals surface area contributed by atoms with Gasteiger partial charge < -0.3 is 20.3 Å². The summed E-state index contributed by atoms with van der Waals surface area (Å²) in [5.74, 6) is 0. The fraction of sp³-hybridized carbons (Fsp3) is 0.458. The van der Waals surface area contributed by atoms with Gasteiger partial charge in [-0.2, -0.15) is 0 Å². The number of fused-ring (bicyclic) bond motifs is 1. The molecule has 2 aromatic carbocycles. The number of ether oxygens (including phenoxy) is 1. The molecule has 1 atom stereocenters. The van der Waals surface area contributed by atoms with Crippen LogP contribution in [0.4, 0.5) is 21.9 Å². The van der Waals surface area contributed by atoms with E-state index in [9.17, 15) is 4.79 Å². The van der Waals surface area contributed by atoms with Crippen molar-refractivity contribution < 1.29 is 9.53 Å². The molecule has 0 unspecified atom stereocenters. The molecule has 1 saturated heterocycles. The number of carbonyl (C=O) groups excluding carboxylic acids is 1. The second-order valence-electron chi connectivity index (χ2n) is 8.33. The predicted octanol–water partition coefficient (Wildman–Crippen LogP) is 4.00. The number of hydrogen-bond donors (Lipinski definition) is 2. The first-order valence-electron chi connectivity index (χ1n) is 10.9. The Labute approximate surface area is 179 Å². The van der Waals surface area contributed by atoms with Gasteiger partial charge in [-0.1, -0.05) is 25.1 Å². The molecule has 2 N–H and O–H groups in total. The first kappa shape index (κ1) is 20.7. The minimum atomic E-state index is -0.165. The van der Waals surface area contributed by atoms with E-state index >= 15 is 0 Å². The van der Waals surface area contributed by atoms with Crippen molar-refractivity contribution >= 4 is 23.1 Å². The number of anilines is 3. The van der Waals surface area contributed by atoms with E-state index in [2.05, 4.69) is 70.7 Å². The van der Waals surface area contributed by atoms with E-state index in [-0.39, 0.29) is 11.6 Å². The van der Waals surface area contributed by atoms with E-state index in [1.807, 2.05) is 12.1 Å². The highest BCUT2D eigenvalue weighted by Crippen LogP contribution is 2.34. The molecule has 2 aliphatic rings. The lowest BCUT2D eigenvalue weighted by Crippen LogP contribution is -2.57. The molecule has 0 aromatic heterocycles. The fourth-order valence-electron chi connectivity index (χ4n) is 4.34. The van der Waals surface area contributed by atoms with E-state index in [1.165, 1.54) is 11.3 Å². The van der Waals surface area contributed by atoms with E-state index < -0.39 is 0 Å². The molecule has 2 aliphatic heterocycles. The summed E-state index contributed by atoms with van der Waals surface area (Å²) in [7, 11) is 0. The number of nitrogens with zero attached hydrogens (tertiary/aromatic N) is 2. The van der Waals surface area contributed by atoms with Crippen LogP contribution in [0.1, 0.15) is 25.8 Å². The van der Waals surface area contributed by atoms with E-state index in [4.69, 9.17) is 4.74 Å². The molecule has 2 heterocycles. The van der Waals surface area contributed by atoms with E-state index in [0.717, 1.165) is 57.1 Å². The number of morpholine rings is 1. The quantitative estimate of drug-likeness (QED) is 0.759. The average molecular weight is 409 g/mol. The minimum Gasteiger partial charge on any atom is -0.379 e. The Bertz CT molecular complexity index is 864. The van der Waals surface area contributed by atoms with Crippen molar-refractivity contribution in [2.24, 2.45) is 0 Å². The van der Waals surface area contributed by atoms with Gasteiger partial charge in [0.1, 0.15) is 0 Å². The molecule has 0 saturated carbocycles. The highest BCUT2D eigenvalue weighted by atomic mass is 16.5. The molecule has 2 amide bonds. The largest absolute Gasteiger partial charge is 0.379 e. The van der Waals surface area contributed by atoms with Gasteiger partial charge in [0.05, 0.1) is 13.2 Å². The number of para-hydroxylation sites is 1. The van der Waals surface area contributed by atoms with Gasteiger partial charge in [-0.05, 0) is 55.7 Å². The van der Waals surface area contributed by atoms with Crippen molar-refractivity contribution in [2.75, 3.05) is 49.6 Å². The van der Waals surface area contributed by atoms with Gasteiger partial charge in [0.25, 0.3) is 0 Å². The molecule has 2 aromatic rings. The van der Waals surface area contributed by atoms with Crippen LogP contribution >= 0.6 is 0 Å². The molecule has 0 radical (unpaired) electrons. The standard InChI is InChI=1S/C24H32N4O2/c1-3-24(2,27-14-16-30-17-15-27)18-25-23(29)26-20-8-10-21(11-9-20)28-13-12-19-6-4-5-7-22(19)28/h4-11H,3,12-18H2,1-2H3,(H2,25,26,29)/t24-/m1/s1. The number of benzene rings is 2. The first-order valence-corrected chi connectivity index (χ1v) is 10.9. The van der Waals surface area contributed by atoms with Gasteiger partial charge in [-0.3, -0.25) is 4.90 Å². The lowest BCUT2D eigenvalue weighted by molar-refractivity contribution is -0.0163. The van der Waals surface area contributed by atoms with Crippen molar-refractivity contribution in [1.82, 2.24) is 10.2 Å². The van der Waals surface area contributed by atoms with Gasteiger partial charge in [0, 0.05) is 48.8 Å². The van der Waals surface area contributed by atoms with Crippen LogP contribution in [0.15, 0.2) is 48.5 Å². The third-order valence-corrected chi connectivity index (χ3v) is 6.49. The number of nitrogens with one attached hydrogen (secondary N) is 2. The van der Waals surface area contributed by atoms with E-state index in [1.54, 1.807) is 0 Å². The van der Waals surface area contributed by atoms with Crippen LogP contribution in [0.2, 0.25) is 0 Å². The third-order valence-electron chi connectivity index (χ3n) is 6.49. The minimum absolute atomic E-state index is 0.0614. The maximum absolute atomic E-state index is 12.5. The van der Waals surface area contributed by atoms with Gasteiger partial charge in [0.15, 0.2) is 0 Å². The zero-order valence-electron chi connectivity index (χ0n) is 18.0. The van der Waals surface area contributed by atoms with Crippen LogP contribution in [0.25, 0.3) is 0 Å². The molecular weight excluding hydrogens is 376 g/mol. The maximum Gasteiger partial charge on any atom is 0.319 e. The van der Waals surface area contributed by atoms with Crippen LogP contribution < -0.4 is 15.5 Å². The monoisotopic (exact) mass is 408 g/mol. The summed E-state index contributed by atoms with van der Waals surface area (Å²) in [5.41, 5.74) is 4.55. The fourth-order valence-corrected chi connectivity index (χ4v) is 4.34. The van der Waals surface area contributed by atoms with Gasteiger partial charge in [-0.25, -0.2) is 4.79 Å². The van der Waals surface area contributed by atoms with Gasteiger partial charge >= 0.3 is 6.03 Å². The summed E-state index contributed by atoms with van der Waals surface area (Å²) in [4.78, 5) is 17.2. The number of urea groups is 1. The molecule has 30 heavy (non-hydrogen) atoms. The second-order valence-corrected chi connectivity index (χ2v) is 8.33. The van der Waals surface area contributed by atoms with Crippen molar-refractivity contribution in [1.29, 1.82) is 0 Å². The number of hydrogen-bond acceptors (Lipinski definition) is 4. The Morgan fingerprint density at radius 2 is 1.80 bits per heavy atom. The summed E-state index contributed by atoms with van der Waals surface area (Å²) in [5, 5.41) is 6.03. The molecule has 6 heteroatoms.